The molecular weight excluding hydrogens is 254 g/mol. The standard InChI is InChI=1S/C16H23NO3/c1-10(2)8-14(16(19)20-5)17-15(18)13-7-6-11(3)9-12(13)4/h6-7,9-10,14H,8H2,1-5H3,(H,17,18). The molecule has 4 nitrogen and oxygen atoms in total. The third kappa shape index (κ3) is 4.37. The Morgan fingerprint density at radius 3 is 2.40 bits per heavy atom. The monoisotopic (exact) mass is 277 g/mol. The van der Waals surface area contributed by atoms with E-state index in [-0.39, 0.29) is 5.91 Å². The zero-order valence-electron chi connectivity index (χ0n) is 12.8. The van der Waals surface area contributed by atoms with Crippen molar-refractivity contribution in [3.8, 4) is 0 Å². The minimum absolute atomic E-state index is 0.237. The van der Waals surface area contributed by atoms with E-state index in [9.17, 15) is 9.59 Å². The van der Waals surface area contributed by atoms with E-state index >= 15 is 0 Å². The summed E-state index contributed by atoms with van der Waals surface area (Å²) in [6.45, 7) is 7.86. The first-order valence-electron chi connectivity index (χ1n) is 6.81. The fraction of sp³-hybridized carbons (Fsp3) is 0.500. The average molecular weight is 277 g/mol. The molecule has 1 N–H and O–H groups in total. The summed E-state index contributed by atoms with van der Waals surface area (Å²) in [6.07, 6.45) is 0.559. The topological polar surface area (TPSA) is 55.4 Å². The molecule has 0 aliphatic heterocycles. The highest BCUT2D eigenvalue weighted by Gasteiger charge is 2.23. The Bertz CT molecular complexity index is 494. The van der Waals surface area contributed by atoms with Crippen molar-refractivity contribution >= 4 is 11.9 Å². The Morgan fingerprint density at radius 1 is 1.25 bits per heavy atom. The smallest absolute Gasteiger partial charge is 0.328 e. The Labute approximate surface area is 120 Å². The molecule has 0 aliphatic rings. The van der Waals surface area contributed by atoms with Gasteiger partial charge < -0.3 is 10.1 Å². The number of aryl methyl sites for hydroxylation is 2. The van der Waals surface area contributed by atoms with Gasteiger partial charge in [0.1, 0.15) is 6.04 Å². The van der Waals surface area contributed by atoms with Gasteiger partial charge in [0.15, 0.2) is 0 Å². The number of hydrogen-bond donors (Lipinski definition) is 1. The van der Waals surface area contributed by atoms with Crippen LogP contribution in [0.15, 0.2) is 18.2 Å². The summed E-state index contributed by atoms with van der Waals surface area (Å²) in [7, 11) is 1.33. The van der Waals surface area contributed by atoms with Crippen molar-refractivity contribution in [3.05, 3.63) is 34.9 Å². The summed E-state index contributed by atoms with van der Waals surface area (Å²) in [5.74, 6) is -0.353. The van der Waals surface area contributed by atoms with Gasteiger partial charge in [-0.15, -0.1) is 0 Å². The van der Waals surface area contributed by atoms with Crippen LogP contribution in [0.25, 0.3) is 0 Å². The number of carbonyl (C=O) groups is 2. The lowest BCUT2D eigenvalue weighted by Gasteiger charge is -2.19. The molecule has 1 amide bonds. The minimum Gasteiger partial charge on any atom is -0.467 e. The van der Waals surface area contributed by atoms with Crippen LogP contribution in [0.1, 0.15) is 41.8 Å². The molecule has 0 heterocycles. The van der Waals surface area contributed by atoms with Crippen molar-refractivity contribution in [2.24, 2.45) is 5.92 Å². The quantitative estimate of drug-likeness (QED) is 0.842. The Balaban J connectivity index is 2.87. The molecule has 1 atom stereocenters. The van der Waals surface area contributed by atoms with Gasteiger partial charge in [-0.2, -0.15) is 0 Å². The first-order valence-corrected chi connectivity index (χ1v) is 6.81. The molecule has 0 saturated carbocycles. The van der Waals surface area contributed by atoms with E-state index in [4.69, 9.17) is 4.74 Å². The minimum atomic E-state index is -0.604. The van der Waals surface area contributed by atoms with Crippen LogP contribution in [0.3, 0.4) is 0 Å². The maximum Gasteiger partial charge on any atom is 0.328 e. The van der Waals surface area contributed by atoms with E-state index in [1.807, 2.05) is 39.8 Å². The summed E-state index contributed by atoms with van der Waals surface area (Å²) >= 11 is 0. The van der Waals surface area contributed by atoms with Crippen LogP contribution in [0.5, 0.6) is 0 Å². The van der Waals surface area contributed by atoms with Gasteiger partial charge in [-0.25, -0.2) is 4.79 Å². The Kier molecular flexibility index (Phi) is 5.74. The Morgan fingerprint density at radius 2 is 1.90 bits per heavy atom. The van der Waals surface area contributed by atoms with E-state index < -0.39 is 12.0 Å². The van der Waals surface area contributed by atoms with E-state index in [2.05, 4.69) is 5.32 Å². The second-order valence-corrected chi connectivity index (χ2v) is 5.50. The molecule has 0 spiro atoms. The fourth-order valence-electron chi connectivity index (χ4n) is 2.13. The third-order valence-corrected chi connectivity index (χ3v) is 3.12. The van der Waals surface area contributed by atoms with Gasteiger partial charge in [0, 0.05) is 5.56 Å². The first kappa shape index (κ1) is 16.2. The molecule has 0 aromatic heterocycles. The number of ether oxygens (including phenoxy) is 1. The van der Waals surface area contributed by atoms with Crippen molar-refractivity contribution in [3.63, 3.8) is 0 Å². The van der Waals surface area contributed by atoms with Crippen molar-refractivity contribution in [1.29, 1.82) is 0 Å². The third-order valence-electron chi connectivity index (χ3n) is 3.12. The van der Waals surface area contributed by atoms with Crippen molar-refractivity contribution in [2.75, 3.05) is 7.11 Å². The van der Waals surface area contributed by atoms with Gasteiger partial charge in [-0.1, -0.05) is 31.5 Å². The number of benzene rings is 1. The Hall–Kier alpha value is -1.84. The highest BCUT2D eigenvalue weighted by molar-refractivity contribution is 5.98. The van der Waals surface area contributed by atoms with Gasteiger partial charge in [-0.05, 0) is 37.8 Å². The van der Waals surface area contributed by atoms with Crippen molar-refractivity contribution in [1.82, 2.24) is 5.32 Å². The van der Waals surface area contributed by atoms with E-state index in [1.54, 1.807) is 6.07 Å². The summed E-state index contributed by atoms with van der Waals surface area (Å²) < 4.78 is 4.75. The van der Waals surface area contributed by atoms with Gasteiger partial charge in [0.25, 0.3) is 5.91 Å². The number of rotatable bonds is 5. The predicted molar refractivity (Wildman–Crippen MR) is 78.6 cm³/mol. The lowest BCUT2D eigenvalue weighted by molar-refractivity contribution is -0.143. The fourth-order valence-corrected chi connectivity index (χ4v) is 2.13. The summed E-state index contributed by atoms with van der Waals surface area (Å²) in [6, 6.07) is 5.01. The predicted octanol–water partition coefficient (Wildman–Crippen LogP) is 2.62. The number of carbonyl (C=O) groups excluding carboxylic acids is 2. The van der Waals surface area contributed by atoms with Crippen LogP contribution in [-0.4, -0.2) is 25.0 Å². The maximum absolute atomic E-state index is 12.3. The van der Waals surface area contributed by atoms with E-state index in [0.717, 1.165) is 11.1 Å². The lowest BCUT2D eigenvalue weighted by Crippen LogP contribution is -2.42. The molecular formula is C16H23NO3. The summed E-state index contributed by atoms with van der Waals surface area (Å²) in [4.78, 5) is 24.0. The molecule has 0 bridgehead atoms. The summed E-state index contributed by atoms with van der Waals surface area (Å²) in [5.41, 5.74) is 2.59. The van der Waals surface area contributed by atoms with Crippen molar-refractivity contribution < 1.29 is 14.3 Å². The highest BCUT2D eigenvalue weighted by Crippen LogP contribution is 2.12. The molecule has 1 aromatic carbocycles. The highest BCUT2D eigenvalue weighted by atomic mass is 16.5. The average Bonchev–Trinajstić information content (AvgIpc) is 2.36. The number of hydrogen-bond acceptors (Lipinski definition) is 3. The molecule has 20 heavy (non-hydrogen) atoms. The molecule has 0 saturated heterocycles. The largest absolute Gasteiger partial charge is 0.467 e. The van der Waals surface area contributed by atoms with Crippen LogP contribution < -0.4 is 5.32 Å². The van der Waals surface area contributed by atoms with Crippen LogP contribution in [-0.2, 0) is 9.53 Å². The van der Waals surface area contributed by atoms with Gasteiger partial charge in [0.05, 0.1) is 7.11 Å². The lowest BCUT2D eigenvalue weighted by atomic mass is 10.0. The SMILES string of the molecule is COC(=O)C(CC(C)C)NC(=O)c1ccc(C)cc1C. The number of nitrogens with one attached hydrogen (secondary N) is 1. The van der Waals surface area contributed by atoms with Crippen LogP contribution in [0, 0.1) is 19.8 Å². The molecule has 0 radical (unpaired) electrons. The first-order chi connectivity index (χ1) is 9.35. The molecule has 0 fully saturated rings. The van der Waals surface area contributed by atoms with Crippen LogP contribution >= 0.6 is 0 Å². The maximum atomic E-state index is 12.3. The summed E-state index contributed by atoms with van der Waals surface area (Å²) in [5, 5.41) is 2.76. The van der Waals surface area contributed by atoms with Crippen molar-refractivity contribution in [2.45, 2.75) is 40.2 Å². The van der Waals surface area contributed by atoms with E-state index in [0.29, 0.717) is 17.9 Å². The second kappa shape index (κ2) is 7.08. The molecule has 1 rings (SSSR count). The van der Waals surface area contributed by atoms with Gasteiger partial charge in [0.2, 0.25) is 0 Å². The van der Waals surface area contributed by atoms with Crippen LogP contribution in [0.4, 0.5) is 0 Å². The molecule has 110 valence electrons. The van der Waals surface area contributed by atoms with Gasteiger partial charge in [-0.3, -0.25) is 4.79 Å². The number of amides is 1. The zero-order chi connectivity index (χ0) is 15.3. The molecule has 0 aliphatic carbocycles. The molecule has 1 unspecified atom stereocenters. The zero-order valence-corrected chi connectivity index (χ0v) is 12.8. The van der Waals surface area contributed by atoms with E-state index in [1.165, 1.54) is 7.11 Å². The molecule has 4 heteroatoms. The molecule has 1 aromatic rings. The second-order valence-electron chi connectivity index (χ2n) is 5.50. The van der Waals surface area contributed by atoms with Gasteiger partial charge >= 0.3 is 5.97 Å². The number of methoxy groups -OCH3 is 1. The van der Waals surface area contributed by atoms with Crippen LogP contribution in [0.2, 0.25) is 0 Å². The normalized spacial score (nSPS) is 12.1. The number of esters is 1.